The summed E-state index contributed by atoms with van der Waals surface area (Å²) in [6, 6.07) is 19.1. The van der Waals surface area contributed by atoms with E-state index in [1.54, 1.807) is 0 Å². The predicted octanol–water partition coefficient (Wildman–Crippen LogP) is 4.72. The van der Waals surface area contributed by atoms with Gasteiger partial charge in [-0.25, -0.2) is 0 Å². The van der Waals surface area contributed by atoms with Crippen LogP contribution >= 0.6 is 12.2 Å². The van der Waals surface area contributed by atoms with Crippen LogP contribution in [-0.4, -0.2) is 12.0 Å². The van der Waals surface area contributed by atoms with Gasteiger partial charge in [-0.1, -0.05) is 66.3 Å². The molecule has 2 heteroatoms. The molecule has 0 bridgehead atoms. The molecule has 1 aliphatic rings. The van der Waals surface area contributed by atoms with E-state index in [1.165, 1.54) is 16.8 Å². The van der Waals surface area contributed by atoms with Gasteiger partial charge in [0.1, 0.15) is 0 Å². The number of fused-ring (bicyclic) bond motifs is 1. The summed E-state index contributed by atoms with van der Waals surface area (Å²) in [6.45, 7) is 6.22. The van der Waals surface area contributed by atoms with Gasteiger partial charge in [-0.3, -0.25) is 0 Å². The first-order valence-electron chi connectivity index (χ1n) is 7.15. The van der Waals surface area contributed by atoms with Crippen molar-refractivity contribution < 1.29 is 0 Å². The maximum Gasteiger partial charge on any atom is 0.0977 e. The summed E-state index contributed by atoms with van der Waals surface area (Å²) in [5.74, 6) is 0. The number of likely N-dealkylation sites (N-methyl/N-ethyl adjacent to an activating group) is 1. The molecule has 0 aromatic heterocycles. The largest absolute Gasteiger partial charge is 0.338 e. The van der Waals surface area contributed by atoms with E-state index in [-0.39, 0.29) is 5.41 Å². The molecule has 106 valence electrons. The monoisotopic (exact) mass is 293 g/mol. The van der Waals surface area contributed by atoms with Crippen LogP contribution in [0.1, 0.15) is 24.5 Å². The van der Waals surface area contributed by atoms with Crippen LogP contribution in [0.25, 0.3) is 0 Å². The number of benzene rings is 2. The first kappa shape index (κ1) is 14.0. The Morgan fingerprint density at radius 2 is 1.71 bits per heavy atom. The Hall–Kier alpha value is -1.93. The molecule has 2 aromatic carbocycles. The van der Waals surface area contributed by atoms with E-state index < -0.39 is 0 Å². The van der Waals surface area contributed by atoms with Gasteiger partial charge >= 0.3 is 0 Å². The Kier molecular flexibility index (Phi) is 3.42. The maximum absolute atomic E-state index is 5.87. The first-order chi connectivity index (χ1) is 10.1. The van der Waals surface area contributed by atoms with Crippen LogP contribution in [-0.2, 0) is 5.41 Å². The molecular formula is C19H19NS. The molecule has 21 heavy (non-hydrogen) atoms. The van der Waals surface area contributed by atoms with Crippen LogP contribution in [0.3, 0.4) is 0 Å². The van der Waals surface area contributed by atoms with Crippen molar-refractivity contribution in [1.82, 2.24) is 0 Å². The number of rotatable bonds is 3. The number of nitrogens with zero attached hydrogens (tertiary/aromatic N) is 1. The lowest BCUT2D eigenvalue weighted by Crippen LogP contribution is -2.38. The molecule has 0 radical (unpaired) electrons. The summed E-state index contributed by atoms with van der Waals surface area (Å²) in [5, 5.41) is 0. The summed E-state index contributed by atoms with van der Waals surface area (Å²) in [5.41, 5.74) is 4.61. The van der Waals surface area contributed by atoms with Crippen molar-refractivity contribution in [1.29, 1.82) is 0 Å². The lowest BCUT2D eigenvalue weighted by molar-refractivity contribution is 0.697. The van der Waals surface area contributed by atoms with Gasteiger partial charge in [0.15, 0.2) is 0 Å². The summed E-state index contributed by atoms with van der Waals surface area (Å²) in [4.78, 5) is 3.10. The third kappa shape index (κ3) is 2.02. The second kappa shape index (κ2) is 5.12. The van der Waals surface area contributed by atoms with E-state index >= 15 is 0 Å². The van der Waals surface area contributed by atoms with Gasteiger partial charge in [-0.05, 0) is 30.5 Å². The topological polar surface area (TPSA) is 3.24 Å². The van der Waals surface area contributed by atoms with Gasteiger partial charge < -0.3 is 4.90 Å². The van der Waals surface area contributed by atoms with E-state index in [0.29, 0.717) is 0 Å². The van der Waals surface area contributed by atoms with Crippen molar-refractivity contribution in [2.75, 3.05) is 11.9 Å². The minimum atomic E-state index is -0.270. The van der Waals surface area contributed by atoms with Gasteiger partial charge in [-0.2, -0.15) is 0 Å². The van der Waals surface area contributed by atoms with Gasteiger partial charge in [0.25, 0.3) is 0 Å². The van der Waals surface area contributed by atoms with Crippen molar-refractivity contribution in [2.24, 2.45) is 0 Å². The second-order valence-corrected chi connectivity index (χ2v) is 6.17. The van der Waals surface area contributed by atoms with Gasteiger partial charge in [0, 0.05) is 12.7 Å². The first-order valence-corrected chi connectivity index (χ1v) is 7.56. The van der Waals surface area contributed by atoms with Crippen LogP contribution in [0.5, 0.6) is 0 Å². The van der Waals surface area contributed by atoms with Crippen LogP contribution < -0.4 is 4.90 Å². The molecular weight excluding hydrogens is 274 g/mol. The number of para-hydroxylation sites is 1. The summed E-state index contributed by atoms with van der Waals surface area (Å²) < 4.78 is 0. The van der Waals surface area contributed by atoms with E-state index in [4.69, 9.17) is 12.2 Å². The van der Waals surface area contributed by atoms with Crippen molar-refractivity contribution in [2.45, 2.75) is 18.8 Å². The molecule has 0 saturated carbocycles. The minimum absolute atomic E-state index is 0.270. The van der Waals surface area contributed by atoms with Gasteiger partial charge in [0.2, 0.25) is 0 Å². The Balaban J connectivity index is 2.31. The highest BCUT2D eigenvalue weighted by Crippen LogP contribution is 2.49. The van der Waals surface area contributed by atoms with E-state index in [0.717, 1.165) is 17.0 Å². The molecule has 0 aliphatic carbocycles. The SMILES string of the molecule is C=C(C)C[C@]1(c2ccccc2)C(=S)N(C)c2ccccc21. The van der Waals surface area contributed by atoms with E-state index in [1.807, 2.05) is 6.07 Å². The molecule has 3 rings (SSSR count). The zero-order valence-electron chi connectivity index (χ0n) is 12.5. The molecule has 0 fully saturated rings. The number of hydrogen-bond acceptors (Lipinski definition) is 1. The highest BCUT2D eigenvalue weighted by atomic mass is 32.1. The summed E-state index contributed by atoms with van der Waals surface area (Å²) in [7, 11) is 2.06. The van der Waals surface area contributed by atoms with Crippen LogP contribution in [0.15, 0.2) is 66.7 Å². The van der Waals surface area contributed by atoms with Gasteiger partial charge in [0.05, 0.1) is 10.4 Å². The third-order valence-corrected chi connectivity index (χ3v) is 4.85. The minimum Gasteiger partial charge on any atom is -0.338 e. The highest BCUT2D eigenvalue weighted by Gasteiger charge is 2.47. The zero-order chi connectivity index (χ0) is 15.0. The van der Waals surface area contributed by atoms with Crippen LogP contribution in [0, 0.1) is 0 Å². The maximum atomic E-state index is 5.87. The normalized spacial score (nSPS) is 20.5. The molecule has 2 aromatic rings. The molecule has 1 nitrogen and oxygen atoms in total. The predicted molar refractivity (Wildman–Crippen MR) is 94.1 cm³/mol. The molecule has 0 spiro atoms. The number of anilines is 1. The second-order valence-electron chi connectivity index (χ2n) is 5.79. The lowest BCUT2D eigenvalue weighted by Gasteiger charge is -2.32. The Morgan fingerprint density at radius 3 is 2.38 bits per heavy atom. The molecule has 0 saturated heterocycles. The molecule has 0 N–H and O–H groups in total. The average Bonchev–Trinajstić information content (AvgIpc) is 2.71. The van der Waals surface area contributed by atoms with Crippen LogP contribution in [0.2, 0.25) is 0 Å². The van der Waals surface area contributed by atoms with Crippen molar-refractivity contribution in [3.8, 4) is 0 Å². The summed E-state index contributed by atoms with van der Waals surface area (Å²) in [6.07, 6.45) is 0.844. The van der Waals surface area contributed by atoms with Crippen LogP contribution in [0.4, 0.5) is 5.69 Å². The summed E-state index contributed by atoms with van der Waals surface area (Å²) >= 11 is 5.87. The van der Waals surface area contributed by atoms with Crippen molar-refractivity contribution >= 4 is 22.9 Å². The Morgan fingerprint density at radius 1 is 1.10 bits per heavy atom. The zero-order valence-corrected chi connectivity index (χ0v) is 13.3. The van der Waals surface area contributed by atoms with E-state index in [2.05, 4.69) is 74.0 Å². The molecule has 1 heterocycles. The number of allylic oxidation sites excluding steroid dienone is 1. The molecule has 1 atom stereocenters. The molecule has 0 unspecified atom stereocenters. The smallest absolute Gasteiger partial charge is 0.0977 e. The quantitative estimate of drug-likeness (QED) is 0.595. The average molecular weight is 293 g/mol. The van der Waals surface area contributed by atoms with Crippen molar-refractivity contribution in [3.63, 3.8) is 0 Å². The van der Waals surface area contributed by atoms with Gasteiger partial charge in [-0.15, -0.1) is 6.58 Å². The fraction of sp³-hybridized carbons (Fsp3) is 0.211. The highest BCUT2D eigenvalue weighted by molar-refractivity contribution is 7.80. The number of thiocarbonyl (C=S) groups is 1. The fourth-order valence-electron chi connectivity index (χ4n) is 3.37. The molecule has 0 amide bonds. The third-order valence-electron chi connectivity index (χ3n) is 4.23. The number of hydrogen-bond donors (Lipinski definition) is 0. The molecule has 1 aliphatic heterocycles. The standard InChI is InChI=1S/C19H19NS/c1-14(2)13-19(15-9-5-4-6-10-15)16-11-7-8-12-17(16)20(3)18(19)21/h4-12H,1,13H2,2-3H3/t19-/m1/s1. The fourth-order valence-corrected chi connectivity index (χ4v) is 3.76. The lowest BCUT2D eigenvalue weighted by atomic mass is 9.72. The Bertz CT molecular complexity index is 705. The Labute approximate surface area is 131 Å². The van der Waals surface area contributed by atoms with Crippen molar-refractivity contribution in [3.05, 3.63) is 77.9 Å². The van der Waals surface area contributed by atoms with E-state index in [9.17, 15) is 0 Å².